The monoisotopic (exact) mass is 442 g/mol. The van der Waals surface area contributed by atoms with E-state index in [0.717, 1.165) is 31.0 Å². The van der Waals surface area contributed by atoms with E-state index in [2.05, 4.69) is 10.2 Å². The summed E-state index contributed by atoms with van der Waals surface area (Å²) in [4.78, 5) is 2.17. The van der Waals surface area contributed by atoms with Gasteiger partial charge in [0, 0.05) is 30.1 Å². The normalized spacial score (nSPS) is 21.0. The highest BCUT2D eigenvalue weighted by Gasteiger charge is 2.34. The lowest BCUT2D eigenvalue weighted by atomic mass is 10.00. The van der Waals surface area contributed by atoms with Crippen LogP contribution in [0.3, 0.4) is 0 Å². The first-order valence-corrected chi connectivity index (χ1v) is 12.9. The fraction of sp³-hybridized carbons (Fsp3) is 0.368. The average Bonchev–Trinajstić information content (AvgIpc) is 2.94. The summed E-state index contributed by atoms with van der Waals surface area (Å²) < 4.78 is 48.3. The van der Waals surface area contributed by atoms with Crippen molar-refractivity contribution in [1.82, 2.24) is 4.90 Å². The highest BCUT2D eigenvalue weighted by atomic mass is 35.5. The predicted molar refractivity (Wildman–Crippen MR) is 112 cm³/mol. The number of hydrogen-bond acceptors (Lipinski definition) is 6. The van der Waals surface area contributed by atoms with Crippen molar-refractivity contribution in [2.75, 3.05) is 31.4 Å². The molecule has 3 rings (SSSR count). The van der Waals surface area contributed by atoms with Crippen molar-refractivity contribution >= 4 is 37.0 Å². The number of hydrogen-bond donors (Lipinski definition) is 1. The molecule has 6 nitrogen and oxygen atoms in total. The number of halogens is 1. The Balaban J connectivity index is 1.99. The van der Waals surface area contributed by atoms with Gasteiger partial charge in [0.1, 0.15) is 0 Å². The van der Waals surface area contributed by atoms with Crippen molar-refractivity contribution in [3.8, 4) is 0 Å². The molecule has 2 aromatic carbocycles. The van der Waals surface area contributed by atoms with Crippen LogP contribution in [-0.2, 0) is 19.7 Å². The minimum absolute atomic E-state index is 0.0140. The first-order chi connectivity index (χ1) is 13.0. The molecule has 2 aromatic rings. The molecule has 0 amide bonds. The van der Waals surface area contributed by atoms with Crippen molar-refractivity contribution in [3.63, 3.8) is 0 Å². The molecule has 0 spiro atoms. The maximum Gasteiger partial charge on any atom is 0.177 e. The lowest BCUT2D eigenvalue weighted by molar-refractivity contribution is 0.309. The highest BCUT2D eigenvalue weighted by Crippen LogP contribution is 2.35. The Bertz CT molecular complexity index is 1080. The molecule has 1 aliphatic rings. The standard InChI is InChI=1S/C19H23ClN2O4S2/c1-22-11-10-17(19(22)13-4-6-14(20)7-5-13)21-16-9-8-15(27(2,23)24)12-18(16)28(3,25)26/h4-9,12,17,19,21H,10-11H2,1-3H3. The number of benzene rings is 2. The third-order valence-corrected chi connectivity index (χ3v) is 7.48. The van der Waals surface area contributed by atoms with Gasteiger partial charge < -0.3 is 5.32 Å². The molecule has 2 atom stereocenters. The zero-order valence-corrected chi connectivity index (χ0v) is 18.3. The van der Waals surface area contributed by atoms with Crippen LogP contribution in [0.2, 0.25) is 5.02 Å². The molecule has 1 N–H and O–H groups in total. The second-order valence-electron chi connectivity index (χ2n) is 7.22. The van der Waals surface area contributed by atoms with Gasteiger partial charge in [0.25, 0.3) is 0 Å². The molecule has 0 aromatic heterocycles. The third-order valence-electron chi connectivity index (χ3n) is 4.98. The van der Waals surface area contributed by atoms with E-state index >= 15 is 0 Å². The number of nitrogens with one attached hydrogen (secondary N) is 1. The van der Waals surface area contributed by atoms with Gasteiger partial charge in [-0.25, -0.2) is 16.8 Å². The Morgan fingerprint density at radius 3 is 2.21 bits per heavy atom. The largest absolute Gasteiger partial charge is 0.379 e. The Kier molecular flexibility index (Phi) is 5.78. The Hall–Kier alpha value is -1.61. The zero-order valence-electron chi connectivity index (χ0n) is 15.9. The van der Waals surface area contributed by atoms with Gasteiger partial charge in [0.15, 0.2) is 19.7 Å². The number of rotatable bonds is 5. The van der Waals surface area contributed by atoms with Gasteiger partial charge in [0.05, 0.1) is 21.5 Å². The van der Waals surface area contributed by atoms with E-state index < -0.39 is 19.7 Å². The van der Waals surface area contributed by atoms with Crippen LogP contribution in [0.4, 0.5) is 5.69 Å². The Morgan fingerprint density at radius 2 is 1.64 bits per heavy atom. The van der Waals surface area contributed by atoms with E-state index in [1.807, 2.05) is 31.3 Å². The molecule has 28 heavy (non-hydrogen) atoms. The summed E-state index contributed by atoms with van der Waals surface area (Å²) in [5, 5.41) is 4.00. The van der Waals surface area contributed by atoms with Crippen LogP contribution in [0, 0.1) is 0 Å². The maximum absolute atomic E-state index is 12.3. The van der Waals surface area contributed by atoms with Gasteiger partial charge in [-0.1, -0.05) is 23.7 Å². The molecule has 152 valence electrons. The average molecular weight is 443 g/mol. The number of nitrogens with zero attached hydrogens (tertiary/aromatic N) is 1. The minimum atomic E-state index is -3.62. The minimum Gasteiger partial charge on any atom is -0.379 e. The van der Waals surface area contributed by atoms with Crippen molar-refractivity contribution in [2.24, 2.45) is 0 Å². The molecule has 0 bridgehead atoms. The number of likely N-dealkylation sites (N-methyl/N-ethyl adjacent to an activating group) is 1. The van der Waals surface area contributed by atoms with Gasteiger partial charge in [-0.15, -0.1) is 0 Å². The van der Waals surface area contributed by atoms with Gasteiger partial charge in [0.2, 0.25) is 0 Å². The molecule has 1 saturated heterocycles. The van der Waals surface area contributed by atoms with Gasteiger partial charge >= 0.3 is 0 Å². The number of sulfone groups is 2. The summed E-state index contributed by atoms with van der Waals surface area (Å²) in [5.41, 5.74) is 1.49. The second-order valence-corrected chi connectivity index (χ2v) is 11.7. The Morgan fingerprint density at radius 1 is 1.00 bits per heavy atom. The fourth-order valence-corrected chi connectivity index (χ4v) is 5.32. The zero-order chi connectivity index (χ0) is 20.7. The first kappa shape index (κ1) is 21.1. The highest BCUT2D eigenvalue weighted by molar-refractivity contribution is 7.91. The van der Waals surface area contributed by atoms with Crippen LogP contribution in [0.15, 0.2) is 52.3 Å². The summed E-state index contributed by atoms with van der Waals surface area (Å²) in [7, 11) is -5.11. The molecule has 0 radical (unpaired) electrons. The predicted octanol–water partition coefficient (Wildman–Crippen LogP) is 3.00. The quantitative estimate of drug-likeness (QED) is 0.766. The SMILES string of the molecule is CN1CCC(Nc2ccc(S(C)(=O)=O)cc2S(C)(=O)=O)C1c1ccc(Cl)cc1. The van der Waals surface area contributed by atoms with Crippen LogP contribution in [-0.4, -0.2) is 53.9 Å². The van der Waals surface area contributed by atoms with Crippen molar-refractivity contribution in [1.29, 1.82) is 0 Å². The molecular weight excluding hydrogens is 420 g/mol. The topological polar surface area (TPSA) is 83.6 Å². The van der Waals surface area contributed by atoms with E-state index in [1.165, 1.54) is 18.2 Å². The maximum atomic E-state index is 12.3. The van der Waals surface area contributed by atoms with Crippen molar-refractivity contribution < 1.29 is 16.8 Å². The van der Waals surface area contributed by atoms with Crippen LogP contribution in [0.5, 0.6) is 0 Å². The van der Waals surface area contributed by atoms with Gasteiger partial charge in [-0.3, -0.25) is 4.90 Å². The second kappa shape index (κ2) is 7.67. The van der Waals surface area contributed by atoms with E-state index in [9.17, 15) is 16.8 Å². The van der Waals surface area contributed by atoms with Crippen LogP contribution in [0.25, 0.3) is 0 Å². The molecule has 0 saturated carbocycles. The molecular formula is C19H23ClN2O4S2. The molecule has 1 fully saturated rings. The smallest absolute Gasteiger partial charge is 0.177 e. The molecule has 9 heteroatoms. The van der Waals surface area contributed by atoms with Crippen molar-refractivity contribution in [2.45, 2.75) is 28.3 Å². The first-order valence-electron chi connectivity index (χ1n) is 8.73. The lowest BCUT2D eigenvalue weighted by Crippen LogP contribution is -2.29. The van der Waals surface area contributed by atoms with E-state index in [-0.39, 0.29) is 21.9 Å². The van der Waals surface area contributed by atoms with E-state index in [4.69, 9.17) is 11.6 Å². The van der Waals surface area contributed by atoms with Crippen LogP contribution < -0.4 is 5.32 Å². The summed E-state index contributed by atoms with van der Waals surface area (Å²) in [6, 6.07) is 11.8. The third kappa shape index (κ3) is 4.51. The van der Waals surface area contributed by atoms with Gasteiger partial charge in [-0.05, 0) is 49.4 Å². The lowest BCUT2D eigenvalue weighted by Gasteiger charge is -2.27. The molecule has 0 aliphatic carbocycles. The van der Waals surface area contributed by atoms with Gasteiger partial charge in [-0.2, -0.15) is 0 Å². The fourth-order valence-electron chi connectivity index (χ4n) is 3.60. The molecule has 2 unspecified atom stereocenters. The van der Waals surface area contributed by atoms with Crippen molar-refractivity contribution in [3.05, 3.63) is 53.1 Å². The van der Waals surface area contributed by atoms with E-state index in [1.54, 1.807) is 0 Å². The summed E-state index contributed by atoms with van der Waals surface area (Å²) in [6.07, 6.45) is 2.96. The summed E-state index contributed by atoms with van der Waals surface area (Å²) in [6.45, 7) is 0.848. The summed E-state index contributed by atoms with van der Waals surface area (Å²) in [5.74, 6) is 0. The van der Waals surface area contributed by atoms with Crippen LogP contribution in [0.1, 0.15) is 18.0 Å². The molecule has 1 aliphatic heterocycles. The van der Waals surface area contributed by atoms with E-state index in [0.29, 0.717) is 10.7 Å². The molecule has 1 heterocycles. The van der Waals surface area contributed by atoms with Crippen LogP contribution >= 0.6 is 11.6 Å². The Labute approximate surface area is 171 Å². The summed E-state index contributed by atoms with van der Waals surface area (Å²) >= 11 is 6.00. The number of likely N-dealkylation sites (tertiary alicyclic amines) is 1. The number of anilines is 1.